The van der Waals surface area contributed by atoms with E-state index in [1.807, 2.05) is 45.0 Å². The number of para-hydroxylation sites is 1. The van der Waals surface area contributed by atoms with Crippen LogP contribution in [0.15, 0.2) is 42.5 Å². The number of hydrogen-bond donors (Lipinski definition) is 1. The number of thiophene rings is 1. The molecule has 1 saturated heterocycles. The summed E-state index contributed by atoms with van der Waals surface area (Å²) in [5.74, 6) is 0.726. The molecule has 0 saturated carbocycles. The van der Waals surface area contributed by atoms with E-state index in [1.54, 1.807) is 23.1 Å². The molecule has 192 valence electrons. The maximum Gasteiger partial charge on any atom is 0.410 e. The van der Waals surface area contributed by atoms with Gasteiger partial charge in [-0.1, -0.05) is 23.7 Å². The molecule has 3 heterocycles. The van der Waals surface area contributed by atoms with Crippen molar-refractivity contribution >= 4 is 40.8 Å². The number of carbonyl (C=O) groups excluding carboxylic acids is 2. The molecule has 10 heteroatoms. The predicted octanol–water partition coefficient (Wildman–Crippen LogP) is 6.02. The highest BCUT2D eigenvalue weighted by Crippen LogP contribution is 2.31. The Morgan fingerprint density at radius 2 is 2.00 bits per heavy atom. The van der Waals surface area contributed by atoms with Crippen molar-refractivity contribution in [3.05, 3.63) is 62.9 Å². The smallest absolute Gasteiger partial charge is 0.410 e. The van der Waals surface area contributed by atoms with Gasteiger partial charge in [-0.05, 0) is 57.9 Å². The van der Waals surface area contributed by atoms with Gasteiger partial charge in [-0.15, -0.1) is 11.3 Å². The molecule has 1 N–H and O–H groups in total. The molecule has 1 atom stereocenters. The Morgan fingerprint density at radius 1 is 1.22 bits per heavy atom. The van der Waals surface area contributed by atoms with Crippen molar-refractivity contribution in [3.63, 3.8) is 0 Å². The molecule has 36 heavy (non-hydrogen) atoms. The summed E-state index contributed by atoms with van der Waals surface area (Å²) in [6.45, 7) is 7.18. The molecule has 2 aromatic heterocycles. The van der Waals surface area contributed by atoms with Crippen LogP contribution in [0.25, 0.3) is 0 Å². The first-order chi connectivity index (χ1) is 17.1. The minimum absolute atomic E-state index is 0.0188. The molecule has 1 aliphatic rings. The molecule has 1 unspecified atom stereocenters. The number of rotatable bonds is 6. The van der Waals surface area contributed by atoms with E-state index in [9.17, 15) is 9.59 Å². The fourth-order valence-electron chi connectivity index (χ4n) is 4.15. The van der Waals surface area contributed by atoms with Crippen molar-refractivity contribution in [2.75, 3.05) is 25.5 Å². The van der Waals surface area contributed by atoms with Gasteiger partial charge in [0.1, 0.15) is 17.2 Å². The maximum atomic E-state index is 13.6. The Hall–Kier alpha value is -3.04. The Labute approximate surface area is 220 Å². The van der Waals surface area contributed by atoms with Gasteiger partial charge >= 0.3 is 6.09 Å². The molecule has 0 spiro atoms. The summed E-state index contributed by atoms with van der Waals surface area (Å²) in [6.07, 6.45) is 1.36. The number of likely N-dealkylation sites (tertiary alicyclic amines) is 1. The number of ether oxygens (including phenoxy) is 2. The van der Waals surface area contributed by atoms with E-state index in [4.69, 9.17) is 26.2 Å². The minimum atomic E-state index is -0.561. The SMILES string of the molecule is COc1ccccc1C(=O)n1nc(C2CCCN(C(=O)OC(C)(C)C)C2)cc1NCc1ccc(Cl)s1. The maximum absolute atomic E-state index is 13.6. The Kier molecular flexibility index (Phi) is 7.90. The second-order valence-electron chi connectivity index (χ2n) is 9.70. The van der Waals surface area contributed by atoms with Gasteiger partial charge in [-0.2, -0.15) is 9.78 Å². The minimum Gasteiger partial charge on any atom is -0.496 e. The number of halogens is 1. The number of hydrogen-bond acceptors (Lipinski definition) is 7. The zero-order valence-corrected chi connectivity index (χ0v) is 22.5. The van der Waals surface area contributed by atoms with Gasteiger partial charge in [0.15, 0.2) is 0 Å². The van der Waals surface area contributed by atoms with E-state index >= 15 is 0 Å². The number of piperidine rings is 1. The van der Waals surface area contributed by atoms with Crippen molar-refractivity contribution in [2.24, 2.45) is 0 Å². The average molecular weight is 531 g/mol. The van der Waals surface area contributed by atoms with E-state index < -0.39 is 5.60 Å². The van der Waals surface area contributed by atoms with Gasteiger partial charge in [0.2, 0.25) is 0 Å². The molecule has 1 aromatic carbocycles. The summed E-state index contributed by atoms with van der Waals surface area (Å²) in [4.78, 5) is 29.0. The van der Waals surface area contributed by atoms with Crippen LogP contribution in [0.4, 0.5) is 10.6 Å². The van der Waals surface area contributed by atoms with Crippen molar-refractivity contribution in [2.45, 2.75) is 51.7 Å². The quantitative estimate of drug-likeness (QED) is 0.419. The Balaban J connectivity index is 1.61. The van der Waals surface area contributed by atoms with E-state index in [0.717, 1.165) is 23.4 Å². The molecule has 3 aromatic rings. The average Bonchev–Trinajstić information content (AvgIpc) is 3.47. The summed E-state index contributed by atoms with van der Waals surface area (Å²) in [5.41, 5.74) is 0.600. The molecular formula is C26H31ClN4O4S. The summed E-state index contributed by atoms with van der Waals surface area (Å²) >= 11 is 7.56. The van der Waals surface area contributed by atoms with Crippen LogP contribution < -0.4 is 10.1 Å². The van der Waals surface area contributed by atoms with Crippen LogP contribution in [-0.2, 0) is 11.3 Å². The number of benzene rings is 1. The van der Waals surface area contributed by atoms with Crippen molar-refractivity contribution in [3.8, 4) is 5.75 Å². The predicted molar refractivity (Wildman–Crippen MR) is 141 cm³/mol. The Morgan fingerprint density at radius 3 is 2.69 bits per heavy atom. The number of anilines is 1. The number of methoxy groups -OCH3 is 1. The van der Waals surface area contributed by atoms with Crippen LogP contribution in [0, 0.1) is 0 Å². The topological polar surface area (TPSA) is 85.7 Å². The van der Waals surface area contributed by atoms with E-state index in [2.05, 4.69) is 5.32 Å². The molecule has 4 rings (SSSR count). The van der Waals surface area contributed by atoms with Crippen LogP contribution in [0.3, 0.4) is 0 Å². The molecule has 1 amide bonds. The summed E-state index contributed by atoms with van der Waals surface area (Å²) < 4.78 is 13.1. The summed E-state index contributed by atoms with van der Waals surface area (Å²) in [6, 6.07) is 12.8. The second kappa shape index (κ2) is 10.9. The van der Waals surface area contributed by atoms with Crippen molar-refractivity contribution in [1.82, 2.24) is 14.7 Å². The first kappa shape index (κ1) is 26.0. The molecular weight excluding hydrogens is 500 g/mol. The normalized spacial score (nSPS) is 16.0. The highest BCUT2D eigenvalue weighted by molar-refractivity contribution is 7.16. The number of amides is 1. The molecule has 1 fully saturated rings. The fourth-order valence-corrected chi connectivity index (χ4v) is 5.18. The largest absolute Gasteiger partial charge is 0.496 e. The summed E-state index contributed by atoms with van der Waals surface area (Å²) in [7, 11) is 1.54. The van der Waals surface area contributed by atoms with Crippen LogP contribution in [-0.4, -0.2) is 52.5 Å². The number of nitrogens with one attached hydrogen (secondary N) is 1. The Bertz CT molecular complexity index is 1230. The highest BCUT2D eigenvalue weighted by Gasteiger charge is 2.31. The zero-order chi connectivity index (χ0) is 25.9. The lowest BCUT2D eigenvalue weighted by Crippen LogP contribution is -2.42. The molecule has 0 radical (unpaired) electrons. The van der Waals surface area contributed by atoms with Gasteiger partial charge < -0.3 is 19.7 Å². The lowest BCUT2D eigenvalue weighted by atomic mass is 9.95. The van der Waals surface area contributed by atoms with Crippen LogP contribution in [0.1, 0.15) is 60.5 Å². The second-order valence-corrected chi connectivity index (χ2v) is 11.5. The van der Waals surface area contributed by atoms with E-state index in [0.29, 0.717) is 41.1 Å². The third kappa shape index (κ3) is 6.20. The third-order valence-electron chi connectivity index (χ3n) is 5.82. The highest BCUT2D eigenvalue weighted by atomic mass is 35.5. The number of nitrogens with zero attached hydrogens (tertiary/aromatic N) is 3. The first-order valence-electron chi connectivity index (χ1n) is 11.9. The molecule has 0 bridgehead atoms. The van der Waals surface area contributed by atoms with Gasteiger partial charge in [-0.25, -0.2) is 4.79 Å². The van der Waals surface area contributed by atoms with Crippen LogP contribution in [0.5, 0.6) is 5.75 Å². The van der Waals surface area contributed by atoms with Gasteiger partial charge in [0.25, 0.3) is 5.91 Å². The van der Waals surface area contributed by atoms with Gasteiger partial charge in [-0.3, -0.25) is 4.79 Å². The van der Waals surface area contributed by atoms with Gasteiger partial charge in [0, 0.05) is 30.0 Å². The van der Waals surface area contributed by atoms with Crippen molar-refractivity contribution in [1.29, 1.82) is 0 Å². The fraction of sp³-hybridized carbons (Fsp3) is 0.423. The van der Waals surface area contributed by atoms with Gasteiger partial charge in [0.05, 0.1) is 29.2 Å². The monoisotopic (exact) mass is 530 g/mol. The summed E-state index contributed by atoms with van der Waals surface area (Å²) in [5, 5.41) is 8.06. The zero-order valence-electron chi connectivity index (χ0n) is 20.9. The lowest BCUT2D eigenvalue weighted by Gasteiger charge is -2.33. The van der Waals surface area contributed by atoms with E-state index in [1.165, 1.54) is 23.1 Å². The van der Waals surface area contributed by atoms with Crippen molar-refractivity contribution < 1.29 is 19.1 Å². The lowest BCUT2D eigenvalue weighted by molar-refractivity contribution is 0.0196. The third-order valence-corrected chi connectivity index (χ3v) is 7.05. The molecule has 1 aliphatic heterocycles. The molecule has 0 aliphatic carbocycles. The van der Waals surface area contributed by atoms with Crippen LogP contribution in [0.2, 0.25) is 4.34 Å². The number of carbonyl (C=O) groups is 2. The van der Waals surface area contributed by atoms with E-state index in [-0.39, 0.29) is 17.9 Å². The van der Waals surface area contributed by atoms with Crippen LogP contribution >= 0.6 is 22.9 Å². The number of aromatic nitrogens is 2. The standard InChI is InChI=1S/C26H31ClN4O4S/c1-26(2,3)35-25(33)30-13-7-8-17(16-30)20-14-23(28-15-18-11-12-22(27)36-18)31(29-20)24(32)19-9-5-6-10-21(19)34-4/h5-6,9-12,14,17,28H,7-8,13,15-16H2,1-4H3. The first-order valence-corrected chi connectivity index (χ1v) is 13.1. The molecule has 8 nitrogen and oxygen atoms in total.